The second-order valence-corrected chi connectivity index (χ2v) is 7.43. The average molecular weight is 418 g/mol. The fourth-order valence-corrected chi connectivity index (χ4v) is 4.15. The van der Waals surface area contributed by atoms with Crippen LogP contribution in [0.3, 0.4) is 0 Å². The molecule has 1 saturated heterocycles. The van der Waals surface area contributed by atoms with Crippen LogP contribution in [0.2, 0.25) is 0 Å². The van der Waals surface area contributed by atoms with Crippen molar-refractivity contribution >= 4 is 40.8 Å². The minimum atomic E-state index is -0.277. The fourth-order valence-electron chi connectivity index (χ4n) is 3.32. The van der Waals surface area contributed by atoms with E-state index in [1.54, 1.807) is 12.1 Å². The van der Waals surface area contributed by atoms with Crippen molar-refractivity contribution in [1.29, 1.82) is 0 Å². The van der Waals surface area contributed by atoms with E-state index in [0.717, 1.165) is 34.4 Å². The fraction of sp³-hybridized carbons (Fsp3) is 0.0870. The zero-order chi connectivity index (χ0) is 21.7. The zero-order valence-electron chi connectivity index (χ0n) is 16.4. The number of rotatable bonds is 3. The summed E-state index contributed by atoms with van der Waals surface area (Å²) in [6.07, 6.45) is 2.07. The van der Waals surface area contributed by atoms with E-state index in [1.807, 2.05) is 74.5 Å². The first-order valence-corrected chi connectivity index (χ1v) is 9.86. The Bertz CT molecular complexity index is 1140. The summed E-state index contributed by atoms with van der Waals surface area (Å²) in [7, 11) is 0. The molecule has 30 heavy (non-hydrogen) atoms. The molecule has 1 aliphatic heterocycles. The highest BCUT2D eigenvalue weighted by molar-refractivity contribution is 8.19. The summed E-state index contributed by atoms with van der Waals surface area (Å²) < 4.78 is 2.15. The molecule has 0 N–H and O–H groups in total. The van der Waals surface area contributed by atoms with Gasteiger partial charge in [-0.05, 0) is 67.6 Å². The normalized spacial score (nSPS) is 14.5. The number of aryl methyl sites for hydroxylation is 1. The van der Waals surface area contributed by atoms with Crippen LogP contribution in [0.4, 0.5) is 10.5 Å². The third-order valence-corrected chi connectivity index (χ3v) is 5.45. The van der Waals surface area contributed by atoms with Gasteiger partial charge >= 0.3 is 6.15 Å². The van der Waals surface area contributed by atoms with Gasteiger partial charge in [0.1, 0.15) is 0 Å². The van der Waals surface area contributed by atoms with Gasteiger partial charge in [-0.1, -0.05) is 36.4 Å². The lowest BCUT2D eigenvalue weighted by Crippen LogP contribution is -2.27. The lowest BCUT2D eigenvalue weighted by atomic mass is 10.2. The monoisotopic (exact) mass is 418 g/mol. The van der Waals surface area contributed by atoms with Crippen molar-refractivity contribution in [3.8, 4) is 5.69 Å². The number of anilines is 1. The average Bonchev–Trinajstić information content (AvgIpc) is 3.18. The van der Waals surface area contributed by atoms with Crippen molar-refractivity contribution in [2.75, 3.05) is 4.90 Å². The third kappa shape index (κ3) is 4.17. The van der Waals surface area contributed by atoms with Crippen molar-refractivity contribution in [1.82, 2.24) is 4.57 Å². The van der Waals surface area contributed by atoms with E-state index in [9.17, 15) is 9.59 Å². The molecule has 0 spiro atoms. The number of benzene rings is 2. The number of carbonyl (C=O) groups excluding carboxylic acids is 4. The summed E-state index contributed by atoms with van der Waals surface area (Å²) in [4.78, 5) is 43.1. The second kappa shape index (κ2) is 9.22. The standard InChI is InChI=1S/C22H18N2O2S.CO2/c1-15-13-17(16(2)23(15)18-9-5-3-6-10-18)14-20-21(25)24(22(26)27-20)19-11-7-4-8-12-19;2-1-3/h3-14H,1-2H3;. The maximum Gasteiger partial charge on any atom is 0.373 e. The lowest BCUT2D eigenvalue weighted by molar-refractivity contribution is -0.191. The van der Waals surface area contributed by atoms with Crippen LogP contribution in [-0.2, 0) is 14.4 Å². The molecule has 0 aliphatic carbocycles. The van der Waals surface area contributed by atoms with Crippen molar-refractivity contribution in [3.63, 3.8) is 0 Å². The molecule has 3 aromatic rings. The second-order valence-electron chi connectivity index (χ2n) is 6.43. The predicted molar refractivity (Wildman–Crippen MR) is 115 cm³/mol. The minimum Gasteiger partial charge on any atom is -0.318 e. The minimum absolute atomic E-state index is 0.250. The Morgan fingerprint density at radius 1 is 0.867 bits per heavy atom. The van der Waals surface area contributed by atoms with Crippen molar-refractivity contribution in [2.24, 2.45) is 0 Å². The number of thioether (sulfide) groups is 1. The first-order chi connectivity index (χ1) is 14.5. The largest absolute Gasteiger partial charge is 0.373 e. The molecule has 1 aromatic heterocycles. The molecule has 4 rings (SSSR count). The first kappa shape index (κ1) is 21.0. The van der Waals surface area contributed by atoms with Crippen LogP contribution in [0.1, 0.15) is 17.0 Å². The van der Waals surface area contributed by atoms with E-state index >= 15 is 0 Å². The van der Waals surface area contributed by atoms with E-state index in [4.69, 9.17) is 9.59 Å². The molecule has 1 aliphatic rings. The topological polar surface area (TPSA) is 76.5 Å². The molecular formula is C23H18N2O4S. The van der Waals surface area contributed by atoms with Crippen molar-refractivity contribution in [2.45, 2.75) is 13.8 Å². The molecule has 7 heteroatoms. The Balaban J connectivity index is 0.000000806. The smallest absolute Gasteiger partial charge is 0.318 e. The van der Waals surface area contributed by atoms with Gasteiger partial charge in [-0.25, -0.2) is 4.90 Å². The van der Waals surface area contributed by atoms with Gasteiger partial charge in [-0.3, -0.25) is 9.59 Å². The number of nitrogens with zero attached hydrogens (tertiary/aromatic N) is 2. The Morgan fingerprint density at radius 2 is 1.40 bits per heavy atom. The van der Waals surface area contributed by atoms with Gasteiger partial charge in [-0.2, -0.15) is 9.59 Å². The van der Waals surface area contributed by atoms with Crippen LogP contribution < -0.4 is 4.90 Å². The quantitative estimate of drug-likeness (QED) is 0.574. The highest BCUT2D eigenvalue weighted by Gasteiger charge is 2.36. The number of aromatic nitrogens is 1. The Labute approximate surface area is 177 Å². The van der Waals surface area contributed by atoms with E-state index < -0.39 is 0 Å². The van der Waals surface area contributed by atoms with Gasteiger partial charge in [0.2, 0.25) is 0 Å². The Morgan fingerprint density at radius 3 is 1.97 bits per heavy atom. The van der Waals surface area contributed by atoms with Gasteiger partial charge < -0.3 is 4.57 Å². The molecule has 0 saturated carbocycles. The number of hydrogen-bond acceptors (Lipinski definition) is 5. The number of amides is 2. The van der Waals surface area contributed by atoms with Crippen LogP contribution in [-0.4, -0.2) is 21.9 Å². The summed E-state index contributed by atoms with van der Waals surface area (Å²) in [5, 5.41) is -0.269. The summed E-state index contributed by atoms with van der Waals surface area (Å²) in [6, 6.07) is 21.1. The van der Waals surface area contributed by atoms with Crippen LogP contribution in [0.5, 0.6) is 0 Å². The molecule has 0 radical (unpaired) electrons. The lowest BCUT2D eigenvalue weighted by Gasteiger charge is -2.11. The summed E-state index contributed by atoms with van der Waals surface area (Å²) in [5.41, 5.74) is 4.72. The molecule has 1 fully saturated rings. The molecule has 6 nitrogen and oxygen atoms in total. The maximum atomic E-state index is 12.8. The molecular weight excluding hydrogens is 400 g/mol. The summed E-state index contributed by atoms with van der Waals surface area (Å²) >= 11 is 0.980. The van der Waals surface area contributed by atoms with E-state index in [-0.39, 0.29) is 17.3 Å². The van der Waals surface area contributed by atoms with Gasteiger partial charge in [-0.15, -0.1) is 0 Å². The molecule has 150 valence electrons. The number of para-hydroxylation sites is 2. The summed E-state index contributed by atoms with van der Waals surface area (Å²) in [6.45, 7) is 4.06. The molecule has 0 unspecified atom stereocenters. The zero-order valence-corrected chi connectivity index (χ0v) is 17.2. The molecule has 2 heterocycles. The molecule has 2 amide bonds. The summed E-state index contributed by atoms with van der Waals surface area (Å²) in [5.74, 6) is -0.277. The van der Waals surface area contributed by atoms with E-state index in [0.29, 0.717) is 10.6 Å². The van der Waals surface area contributed by atoms with E-state index in [1.165, 1.54) is 4.90 Å². The van der Waals surface area contributed by atoms with Crippen molar-refractivity contribution in [3.05, 3.63) is 88.6 Å². The Kier molecular flexibility index (Phi) is 6.47. The van der Waals surface area contributed by atoms with Crippen LogP contribution in [0.25, 0.3) is 11.8 Å². The third-order valence-electron chi connectivity index (χ3n) is 4.58. The molecule has 2 aromatic carbocycles. The van der Waals surface area contributed by atoms with Crippen molar-refractivity contribution < 1.29 is 19.2 Å². The maximum absolute atomic E-state index is 12.8. The number of carbonyl (C=O) groups is 2. The van der Waals surface area contributed by atoms with Crippen LogP contribution in [0, 0.1) is 13.8 Å². The van der Waals surface area contributed by atoms with Gasteiger partial charge in [0.25, 0.3) is 11.1 Å². The van der Waals surface area contributed by atoms with Crippen LogP contribution in [0.15, 0.2) is 71.6 Å². The van der Waals surface area contributed by atoms with Gasteiger partial charge in [0, 0.05) is 17.1 Å². The number of hydrogen-bond donors (Lipinski definition) is 0. The van der Waals surface area contributed by atoms with Gasteiger partial charge in [0.05, 0.1) is 10.6 Å². The highest BCUT2D eigenvalue weighted by atomic mass is 32.2. The van der Waals surface area contributed by atoms with E-state index in [2.05, 4.69) is 4.57 Å². The SMILES string of the molecule is Cc1cc(C=C2SC(=O)N(c3ccccc3)C2=O)c(C)n1-c1ccccc1.O=C=O. The van der Waals surface area contributed by atoms with Gasteiger partial charge in [0.15, 0.2) is 0 Å². The van der Waals surface area contributed by atoms with Crippen LogP contribution >= 0.6 is 11.8 Å². The predicted octanol–water partition coefficient (Wildman–Crippen LogP) is 4.75. The molecule has 0 bridgehead atoms. The Hall–Kier alpha value is -3.67. The highest BCUT2D eigenvalue weighted by Crippen LogP contribution is 2.36. The molecule has 0 atom stereocenters. The number of imide groups is 1. The first-order valence-electron chi connectivity index (χ1n) is 9.04.